The van der Waals surface area contributed by atoms with Crippen LogP contribution in [0.5, 0.6) is 5.75 Å². The van der Waals surface area contributed by atoms with E-state index in [9.17, 15) is 5.11 Å². The molecule has 0 amide bonds. The fourth-order valence-electron chi connectivity index (χ4n) is 12.9. The molecule has 0 aliphatic heterocycles. The van der Waals surface area contributed by atoms with Gasteiger partial charge in [0, 0.05) is 52.0 Å². The Morgan fingerprint density at radius 3 is 1.50 bits per heavy atom. The zero-order valence-electron chi connectivity index (χ0n) is 53.2. The highest BCUT2D eigenvalue weighted by Crippen LogP contribution is 2.48. The number of phenols is 1. The van der Waals surface area contributed by atoms with Gasteiger partial charge in [-0.05, 0) is 167 Å². The second kappa shape index (κ2) is 21.7. The zero-order valence-corrected chi connectivity index (χ0v) is 53.2. The van der Waals surface area contributed by atoms with Gasteiger partial charge >= 0.3 is 0 Å². The third-order valence-corrected chi connectivity index (χ3v) is 17.9. The van der Waals surface area contributed by atoms with Gasteiger partial charge in [0.15, 0.2) is 0 Å². The van der Waals surface area contributed by atoms with E-state index in [4.69, 9.17) is 9.97 Å². The average Bonchev–Trinajstić information content (AvgIpc) is 1.58. The van der Waals surface area contributed by atoms with Gasteiger partial charge in [-0.15, -0.1) is 0 Å². The highest BCUT2D eigenvalue weighted by Gasteiger charge is 2.30. The van der Waals surface area contributed by atoms with E-state index in [2.05, 4.69) is 324 Å². The number of fused-ring (bicyclic) bond motifs is 4. The number of aryl methyl sites for hydroxylation is 1. The third-order valence-electron chi connectivity index (χ3n) is 17.9. The van der Waals surface area contributed by atoms with Crippen molar-refractivity contribution in [3.8, 4) is 101 Å². The molecule has 13 rings (SSSR count). The molecule has 13 aromatic rings. The summed E-state index contributed by atoms with van der Waals surface area (Å²) in [5.41, 5.74) is 24.7. The Balaban J connectivity index is 1.13. The van der Waals surface area contributed by atoms with E-state index in [1.54, 1.807) is 0 Å². The van der Waals surface area contributed by atoms with E-state index in [1.807, 2.05) is 6.20 Å². The normalized spacial score (nSPS) is 12.4. The van der Waals surface area contributed by atoms with Crippen molar-refractivity contribution in [2.75, 3.05) is 0 Å². The number of para-hydroxylation sites is 3. The monoisotopic (exact) mass is 1150 g/mol. The van der Waals surface area contributed by atoms with E-state index in [0.29, 0.717) is 11.4 Å². The smallest absolute Gasteiger partial charge is 0.144 e. The summed E-state index contributed by atoms with van der Waals surface area (Å²) in [6, 6.07) is 82.2. The number of imidazole rings is 1. The van der Waals surface area contributed by atoms with E-state index in [-0.39, 0.29) is 27.4 Å². The molecule has 0 bridgehead atoms. The van der Waals surface area contributed by atoms with Crippen molar-refractivity contribution in [2.45, 2.75) is 105 Å². The second-order valence-electron chi connectivity index (χ2n) is 28.2. The number of aromatic hydroxyl groups is 1. The van der Waals surface area contributed by atoms with Crippen LogP contribution in [0.15, 0.2) is 231 Å². The first-order valence-electron chi connectivity index (χ1n) is 31.0. The molecule has 0 unspecified atom stereocenters. The average molecular weight is 1150 g/mol. The third kappa shape index (κ3) is 10.5. The van der Waals surface area contributed by atoms with Crippen LogP contribution in [0, 0.1) is 0 Å². The van der Waals surface area contributed by atoms with Crippen LogP contribution in [0.3, 0.4) is 0 Å². The van der Waals surface area contributed by atoms with Gasteiger partial charge in [-0.2, -0.15) is 0 Å². The van der Waals surface area contributed by atoms with Crippen LogP contribution in [0.1, 0.15) is 105 Å². The molecular weight excluding hydrogens is 1070 g/mol. The van der Waals surface area contributed by atoms with Crippen LogP contribution in [-0.2, 0) is 28.7 Å². The number of hydrogen-bond acceptors (Lipinski definition) is 3. The molecule has 88 heavy (non-hydrogen) atoms. The molecule has 3 aromatic heterocycles. The second-order valence-corrected chi connectivity index (χ2v) is 28.2. The summed E-state index contributed by atoms with van der Waals surface area (Å²) in [4.78, 5) is 11.1. The number of phenolic OH excluding ortho intramolecular Hbond substituents is 1. The molecule has 0 saturated carbocycles. The van der Waals surface area contributed by atoms with Gasteiger partial charge < -0.3 is 14.2 Å². The Hall–Kier alpha value is -9.58. The fraction of sp³-hybridized carbons (Fsp3) is 0.205. The largest absolute Gasteiger partial charge is 0.507 e. The van der Waals surface area contributed by atoms with Crippen LogP contribution in [0.4, 0.5) is 0 Å². The Bertz CT molecular complexity index is 4820. The first kappa shape index (κ1) is 57.5. The minimum absolute atomic E-state index is 0.0887. The molecule has 0 fully saturated rings. The standard InChI is InChI=1S/C83H78N4O/c1-80(2,3)59-37-39-64(68(48-59)53-28-19-15-20-29-53)55-42-56(44-58(43-55)73-46-54(40-41-84-73)65-33-25-34-67-66-32-23-24-35-74(66)87(77(65)67)62-30-21-16-22-31-62)70-45-57(69-49-60(81(4,5)6)36-38-63(69)52-26-17-14-18-27-52)47-75-76(70)85-79(86(75)13)71-50-61(82(7,8)9)51-72(78(71)88)83(10,11)12/h14-51,88H,1-13H3. The van der Waals surface area contributed by atoms with Gasteiger partial charge in [-0.1, -0.05) is 235 Å². The number of aromatic nitrogens is 4. The summed E-state index contributed by atoms with van der Waals surface area (Å²) in [6.07, 6.45) is 1.97. The van der Waals surface area contributed by atoms with Crippen LogP contribution in [0.2, 0.25) is 0 Å². The highest BCUT2D eigenvalue weighted by atomic mass is 16.3. The summed E-state index contributed by atoms with van der Waals surface area (Å²) in [6.45, 7) is 27.0. The molecule has 0 atom stereocenters. The lowest BCUT2D eigenvalue weighted by Crippen LogP contribution is -2.17. The lowest BCUT2D eigenvalue weighted by atomic mass is 9.79. The predicted molar refractivity (Wildman–Crippen MR) is 373 cm³/mol. The van der Waals surface area contributed by atoms with Crippen molar-refractivity contribution in [3.05, 3.63) is 253 Å². The number of rotatable bonds is 9. The van der Waals surface area contributed by atoms with E-state index in [0.717, 1.165) is 117 Å². The van der Waals surface area contributed by atoms with Gasteiger partial charge in [0.1, 0.15) is 11.6 Å². The summed E-state index contributed by atoms with van der Waals surface area (Å²) in [5, 5.41) is 15.0. The molecule has 5 heteroatoms. The van der Waals surface area contributed by atoms with Gasteiger partial charge in [-0.3, -0.25) is 4.98 Å². The molecule has 1 N–H and O–H groups in total. The molecule has 10 aromatic carbocycles. The number of benzene rings is 10. The van der Waals surface area contributed by atoms with Crippen molar-refractivity contribution >= 4 is 32.8 Å². The highest BCUT2D eigenvalue weighted by molar-refractivity contribution is 6.14. The van der Waals surface area contributed by atoms with Gasteiger partial charge in [0.05, 0.1) is 33.3 Å². The van der Waals surface area contributed by atoms with E-state index < -0.39 is 0 Å². The molecular formula is C83H78N4O. The molecule has 0 radical (unpaired) electrons. The van der Waals surface area contributed by atoms with Crippen LogP contribution in [0.25, 0.3) is 128 Å². The van der Waals surface area contributed by atoms with Crippen molar-refractivity contribution in [1.82, 2.24) is 19.1 Å². The van der Waals surface area contributed by atoms with Crippen LogP contribution in [-0.4, -0.2) is 24.2 Å². The fourth-order valence-corrected chi connectivity index (χ4v) is 12.9. The molecule has 0 aliphatic carbocycles. The Labute approximate surface area is 519 Å². The summed E-state index contributed by atoms with van der Waals surface area (Å²) in [7, 11) is 2.11. The van der Waals surface area contributed by atoms with Gasteiger partial charge in [0.25, 0.3) is 0 Å². The molecule has 0 aliphatic rings. The van der Waals surface area contributed by atoms with Gasteiger partial charge in [-0.25, -0.2) is 4.98 Å². The van der Waals surface area contributed by atoms with Crippen LogP contribution >= 0.6 is 0 Å². The Morgan fingerprint density at radius 1 is 0.352 bits per heavy atom. The summed E-state index contributed by atoms with van der Waals surface area (Å²) < 4.78 is 4.61. The SMILES string of the molecule is Cn1c(-c2cc(C(C)(C)C)cc(C(C)(C)C)c2O)nc2c(-c3cc(-c4cc(-c5cccc6c7ccccc7n(-c7ccccc7)c56)ccn4)cc(-c4ccc(C(C)(C)C)cc4-c4ccccc4)c3)cc(-c3cc(C(C)(C)C)ccc3-c3ccccc3)cc21. The topological polar surface area (TPSA) is 55.9 Å². The van der Waals surface area contributed by atoms with Crippen molar-refractivity contribution in [3.63, 3.8) is 0 Å². The Morgan fingerprint density at radius 2 is 0.875 bits per heavy atom. The van der Waals surface area contributed by atoms with Crippen molar-refractivity contribution in [1.29, 1.82) is 0 Å². The first-order valence-corrected chi connectivity index (χ1v) is 31.0. The van der Waals surface area contributed by atoms with E-state index >= 15 is 0 Å². The quantitative estimate of drug-likeness (QED) is 0.157. The predicted octanol–water partition coefficient (Wildman–Crippen LogP) is 22.3. The number of pyridine rings is 1. The van der Waals surface area contributed by atoms with E-state index in [1.165, 1.54) is 21.9 Å². The molecule has 0 spiro atoms. The summed E-state index contributed by atoms with van der Waals surface area (Å²) in [5.74, 6) is 0.957. The minimum Gasteiger partial charge on any atom is -0.507 e. The minimum atomic E-state index is -0.340. The maximum absolute atomic E-state index is 12.6. The zero-order chi connectivity index (χ0) is 61.6. The molecule has 0 saturated heterocycles. The number of hydrogen-bond donors (Lipinski definition) is 1. The maximum atomic E-state index is 12.6. The molecule has 436 valence electrons. The number of nitrogens with zero attached hydrogens (tertiary/aromatic N) is 4. The van der Waals surface area contributed by atoms with Crippen molar-refractivity contribution < 1.29 is 5.11 Å². The summed E-state index contributed by atoms with van der Waals surface area (Å²) >= 11 is 0. The van der Waals surface area contributed by atoms with Gasteiger partial charge in [0.2, 0.25) is 0 Å². The molecule has 5 nitrogen and oxygen atoms in total. The van der Waals surface area contributed by atoms with Crippen LogP contribution < -0.4 is 0 Å². The van der Waals surface area contributed by atoms with Crippen molar-refractivity contribution in [2.24, 2.45) is 7.05 Å². The lowest BCUT2D eigenvalue weighted by molar-refractivity contribution is 0.446. The lowest BCUT2D eigenvalue weighted by Gasteiger charge is -2.27. The Kier molecular flexibility index (Phi) is 14.2. The molecule has 3 heterocycles. The maximum Gasteiger partial charge on any atom is 0.144 e. The first-order chi connectivity index (χ1) is 42.0.